The van der Waals surface area contributed by atoms with Gasteiger partial charge in [-0.3, -0.25) is 4.90 Å². The van der Waals surface area contributed by atoms with E-state index in [1.807, 2.05) is 6.07 Å². The standard InChI is InChI=1S/C19H23NOS/c1-14-6-7-19(21)18(11-14)17(15-8-10-22-13-15)12-16-5-3-4-9-20(16)2/h6-8,10-13,16,21H,3-5,9H2,1-2H3/b17-12-. The van der Waals surface area contributed by atoms with Crippen LogP contribution in [0.15, 0.2) is 41.1 Å². The molecule has 2 aromatic rings. The van der Waals surface area contributed by atoms with Crippen molar-refractivity contribution < 1.29 is 5.11 Å². The summed E-state index contributed by atoms with van der Waals surface area (Å²) in [5.74, 6) is 0.363. The largest absolute Gasteiger partial charge is 0.507 e. The van der Waals surface area contributed by atoms with Gasteiger partial charge in [-0.05, 0) is 73.5 Å². The van der Waals surface area contributed by atoms with Gasteiger partial charge in [-0.2, -0.15) is 11.3 Å². The van der Waals surface area contributed by atoms with E-state index in [0.717, 1.165) is 17.7 Å². The smallest absolute Gasteiger partial charge is 0.123 e. The monoisotopic (exact) mass is 313 g/mol. The fourth-order valence-corrected chi connectivity index (χ4v) is 3.78. The number of phenols is 1. The summed E-state index contributed by atoms with van der Waals surface area (Å²) in [6, 6.07) is 8.43. The second-order valence-electron chi connectivity index (χ2n) is 6.16. The fourth-order valence-electron chi connectivity index (χ4n) is 3.13. The van der Waals surface area contributed by atoms with E-state index in [0.29, 0.717) is 11.8 Å². The lowest BCUT2D eigenvalue weighted by molar-refractivity contribution is 0.222. The number of aryl methyl sites for hydroxylation is 1. The van der Waals surface area contributed by atoms with Crippen molar-refractivity contribution in [2.75, 3.05) is 13.6 Å². The molecule has 1 unspecified atom stereocenters. The Labute approximate surface area is 136 Å². The minimum atomic E-state index is 0.363. The first kappa shape index (κ1) is 15.3. The van der Waals surface area contributed by atoms with Crippen molar-refractivity contribution in [1.29, 1.82) is 0 Å². The van der Waals surface area contributed by atoms with Crippen LogP contribution in [0.2, 0.25) is 0 Å². The molecule has 0 saturated carbocycles. The van der Waals surface area contributed by atoms with Crippen LogP contribution in [0.25, 0.3) is 5.57 Å². The molecule has 0 aliphatic carbocycles. The molecule has 1 atom stereocenters. The third kappa shape index (κ3) is 3.26. The molecule has 1 aromatic heterocycles. The van der Waals surface area contributed by atoms with Gasteiger partial charge in [0, 0.05) is 11.6 Å². The molecule has 0 spiro atoms. The quantitative estimate of drug-likeness (QED) is 0.889. The molecule has 1 aliphatic heterocycles. The Morgan fingerprint density at radius 3 is 2.91 bits per heavy atom. The molecule has 1 fully saturated rings. The van der Waals surface area contributed by atoms with E-state index in [1.54, 1.807) is 17.4 Å². The summed E-state index contributed by atoms with van der Waals surface area (Å²) in [4.78, 5) is 2.42. The van der Waals surface area contributed by atoms with Crippen LogP contribution in [0.3, 0.4) is 0 Å². The molecule has 1 aromatic carbocycles. The number of likely N-dealkylation sites (N-methyl/N-ethyl adjacent to an activating group) is 1. The minimum absolute atomic E-state index is 0.363. The summed E-state index contributed by atoms with van der Waals surface area (Å²) >= 11 is 1.70. The first-order valence-corrected chi connectivity index (χ1v) is 8.84. The molecule has 3 rings (SSSR count). The topological polar surface area (TPSA) is 23.5 Å². The lowest BCUT2D eigenvalue weighted by atomic mass is 9.93. The van der Waals surface area contributed by atoms with Crippen molar-refractivity contribution in [3.05, 3.63) is 57.8 Å². The Hall–Kier alpha value is -1.58. The summed E-state index contributed by atoms with van der Waals surface area (Å²) in [6.07, 6.45) is 6.10. The lowest BCUT2D eigenvalue weighted by Crippen LogP contribution is -2.34. The van der Waals surface area contributed by atoms with Crippen LogP contribution in [0, 0.1) is 6.92 Å². The van der Waals surface area contributed by atoms with Crippen molar-refractivity contribution in [2.24, 2.45) is 0 Å². The van der Waals surface area contributed by atoms with Crippen LogP contribution in [0.5, 0.6) is 5.75 Å². The summed E-state index contributed by atoms with van der Waals surface area (Å²) in [6.45, 7) is 3.22. The molecule has 0 amide bonds. The highest BCUT2D eigenvalue weighted by Crippen LogP contribution is 2.34. The molecule has 0 bridgehead atoms. The molecule has 2 heterocycles. The van der Waals surface area contributed by atoms with Gasteiger partial charge in [0.2, 0.25) is 0 Å². The van der Waals surface area contributed by atoms with Crippen LogP contribution in [-0.4, -0.2) is 29.6 Å². The number of piperidine rings is 1. The summed E-state index contributed by atoms with van der Waals surface area (Å²) < 4.78 is 0. The van der Waals surface area contributed by atoms with Crippen molar-refractivity contribution in [2.45, 2.75) is 32.2 Å². The van der Waals surface area contributed by atoms with E-state index in [9.17, 15) is 5.11 Å². The first-order valence-electron chi connectivity index (χ1n) is 7.90. The van der Waals surface area contributed by atoms with Gasteiger partial charge in [0.25, 0.3) is 0 Å². The Bertz CT molecular complexity index is 660. The molecule has 0 radical (unpaired) electrons. The number of phenolic OH excluding ortho intramolecular Hbond substituents is 1. The van der Waals surface area contributed by atoms with Crippen molar-refractivity contribution in [3.8, 4) is 5.75 Å². The number of nitrogens with zero attached hydrogens (tertiary/aromatic N) is 1. The average molecular weight is 313 g/mol. The maximum absolute atomic E-state index is 10.3. The molecule has 2 nitrogen and oxygen atoms in total. The van der Waals surface area contributed by atoms with Gasteiger partial charge in [-0.1, -0.05) is 24.1 Å². The molecular weight excluding hydrogens is 290 g/mol. The predicted octanol–water partition coefficient (Wildman–Crippen LogP) is 4.68. The van der Waals surface area contributed by atoms with Gasteiger partial charge in [-0.15, -0.1) is 0 Å². The van der Waals surface area contributed by atoms with E-state index in [-0.39, 0.29) is 0 Å². The highest BCUT2D eigenvalue weighted by molar-refractivity contribution is 7.08. The van der Waals surface area contributed by atoms with Crippen molar-refractivity contribution >= 4 is 16.9 Å². The third-order valence-electron chi connectivity index (χ3n) is 4.46. The van der Waals surface area contributed by atoms with Crippen LogP contribution < -0.4 is 0 Å². The van der Waals surface area contributed by atoms with Crippen LogP contribution in [-0.2, 0) is 0 Å². The highest BCUT2D eigenvalue weighted by Gasteiger charge is 2.19. The van der Waals surface area contributed by atoms with E-state index in [2.05, 4.69) is 47.8 Å². The number of thiophene rings is 1. The second kappa shape index (κ2) is 6.67. The van der Waals surface area contributed by atoms with E-state index < -0.39 is 0 Å². The number of hydrogen-bond donors (Lipinski definition) is 1. The molecule has 1 saturated heterocycles. The lowest BCUT2D eigenvalue weighted by Gasteiger charge is -2.31. The van der Waals surface area contributed by atoms with Crippen LogP contribution >= 0.6 is 11.3 Å². The first-order chi connectivity index (χ1) is 10.6. The van der Waals surface area contributed by atoms with Crippen molar-refractivity contribution in [3.63, 3.8) is 0 Å². The zero-order valence-electron chi connectivity index (χ0n) is 13.2. The Balaban J connectivity index is 2.06. The third-order valence-corrected chi connectivity index (χ3v) is 5.14. The summed E-state index contributed by atoms with van der Waals surface area (Å²) in [7, 11) is 2.20. The zero-order valence-corrected chi connectivity index (χ0v) is 14.1. The van der Waals surface area contributed by atoms with Gasteiger partial charge in [0.1, 0.15) is 5.75 Å². The molecule has 116 valence electrons. The number of likely N-dealkylation sites (tertiary alicyclic amines) is 1. The maximum atomic E-state index is 10.3. The van der Waals surface area contributed by atoms with Crippen molar-refractivity contribution in [1.82, 2.24) is 4.90 Å². The summed E-state index contributed by atoms with van der Waals surface area (Å²) in [5, 5.41) is 14.6. The maximum Gasteiger partial charge on any atom is 0.123 e. The molecule has 3 heteroatoms. The van der Waals surface area contributed by atoms with Gasteiger partial charge < -0.3 is 5.11 Å². The average Bonchev–Trinajstić information content (AvgIpc) is 3.03. The second-order valence-corrected chi connectivity index (χ2v) is 6.94. The molecular formula is C19H23NOS. The normalized spacial score (nSPS) is 20.3. The van der Waals surface area contributed by atoms with E-state index in [1.165, 1.54) is 30.4 Å². The van der Waals surface area contributed by atoms with Gasteiger partial charge in [0.15, 0.2) is 0 Å². The number of hydrogen-bond acceptors (Lipinski definition) is 3. The number of rotatable bonds is 3. The predicted molar refractivity (Wildman–Crippen MR) is 94.5 cm³/mol. The molecule has 1 N–H and O–H groups in total. The van der Waals surface area contributed by atoms with E-state index in [4.69, 9.17) is 0 Å². The highest BCUT2D eigenvalue weighted by atomic mass is 32.1. The zero-order chi connectivity index (χ0) is 15.5. The Kier molecular flexibility index (Phi) is 4.65. The van der Waals surface area contributed by atoms with Crippen LogP contribution in [0.4, 0.5) is 0 Å². The van der Waals surface area contributed by atoms with Crippen LogP contribution in [0.1, 0.15) is 36.0 Å². The van der Waals surface area contributed by atoms with Gasteiger partial charge in [-0.25, -0.2) is 0 Å². The fraction of sp³-hybridized carbons (Fsp3) is 0.368. The minimum Gasteiger partial charge on any atom is -0.507 e. The van der Waals surface area contributed by atoms with E-state index >= 15 is 0 Å². The van der Waals surface area contributed by atoms with Gasteiger partial charge >= 0.3 is 0 Å². The molecule has 1 aliphatic rings. The molecule has 22 heavy (non-hydrogen) atoms. The Morgan fingerprint density at radius 1 is 1.32 bits per heavy atom. The SMILES string of the molecule is Cc1ccc(O)c(/C(=C\C2CCCCN2C)c2ccsc2)c1. The number of benzene rings is 1. The Morgan fingerprint density at radius 2 is 2.18 bits per heavy atom. The number of aromatic hydroxyl groups is 1. The van der Waals surface area contributed by atoms with Gasteiger partial charge in [0.05, 0.1) is 0 Å². The summed E-state index contributed by atoms with van der Waals surface area (Å²) in [5.41, 5.74) is 4.47.